The van der Waals surface area contributed by atoms with E-state index in [1.54, 1.807) is 55.5 Å². The van der Waals surface area contributed by atoms with E-state index in [1.807, 2.05) is 37.3 Å². The van der Waals surface area contributed by atoms with Gasteiger partial charge in [-0.05, 0) is 61.4 Å². The van der Waals surface area contributed by atoms with Crippen LogP contribution in [-0.4, -0.2) is 31.5 Å². The van der Waals surface area contributed by atoms with Gasteiger partial charge < -0.3 is 14.8 Å². The first-order valence-electron chi connectivity index (χ1n) is 12.1. The second-order valence-electron chi connectivity index (χ2n) is 8.81. The van der Waals surface area contributed by atoms with Crippen molar-refractivity contribution in [3.8, 4) is 5.75 Å². The van der Waals surface area contributed by atoms with Crippen LogP contribution in [0.15, 0.2) is 89.6 Å². The monoisotopic (exact) mass is 564 g/mol. The average Bonchev–Trinajstić information content (AvgIpc) is 3.18. The van der Waals surface area contributed by atoms with Crippen LogP contribution in [0.3, 0.4) is 0 Å². The largest absolute Gasteiger partial charge is 0.484 e. The molecule has 3 aromatic carbocycles. The zero-order valence-corrected chi connectivity index (χ0v) is 23.0. The number of carbonyl (C=O) groups excluding carboxylic acids is 3. The number of hydrogen-bond donors (Lipinski definition) is 1. The summed E-state index contributed by atoms with van der Waals surface area (Å²) in [5, 5.41) is 3.53. The predicted octanol–water partition coefficient (Wildman–Crippen LogP) is 6.13. The van der Waals surface area contributed by atoms with Gasteiger partial charge in [0.1, 0.15) is 5.75 Å². The first-order chi connectivity index (χ1) is 18.7. The number of esters is 1. The number of anilines is 1. The van der Waals surface area contributed by atoms with Crippen molar-refractivity contribution in [1.82, 2.24) is 5.32 Å². The van der Waals surface area contributed by atoms with Crippen molar-refractivity contribution in [3.63, 3.8) is 0 Å². The Kier molecular flexibility index (Phi) is 8.74. The number of methoxy groups -OCH3 is 1. The molecule has 4 rings (SSSR count). The summed E-state index contributed by atoms with van der Waals surface area (Å²) in [5.41, 5.74) is 2.86. The molecule has 1 atom stereocenters. The van der Waals surface area contributed by atoms with Crippen LogP contribution < -0.4 is 15.0 Å². The van der Waals surface area contributed by atoms with Crippen LogP contribution in [0.5, 0.6) is 5.75 Å². The summed E-state index contributed by atoms with van der Waals surface area (Å²) in [5.74, 6) is -0.809. The minimum absolute atomic E-state index is 0.149. The summed E-state index contributed by atoms with van der Waals surface area (Å²) >= 11 is 12.2. The maximum Gasteiger partial charge on any atom is 0.340 e. The Bertz CT molecular complexity index is 1470. The van der Waals surface area contributed by atoms with Gasteiger partial charge in [0.05, 0.1) is 40.0 Å². The van der Waals surface area contributed by atoms with Crippen molar-refractivity contribution in [2.75, 3.05) is 18.6 Å². The Balaban J connectivity index is 1.49. The van der Waals surface area contributed by atoms with E-state index in [0.717, 1.165) is 5.56 Å². The number of amides is 2. The summed E-state index contributed by atoms with van der Waals surface area (Å²) in [6.45, 7) is 3.42. The maximum atomic E-state index is 13.4. The van der Waals surface area contributed by atoms with Crippen molar-refractivity contribution in [2.24, 2.45) is 0 Å². The Labute approximate surface area is 236 Å². The number of nitrogens with one attached hydrogen (secondary N) is 1. The average molecular weight is 565 g/mol. The number of halogens is 2. The highest BCUT2D eigenvalue weighted by atomic mass is 35.5. The molecule has 0 spiro atoms. The zero-order chi connectivity index (χ0) is 28.1. The van der Waals surface area contributed by atoms with Gasteiger partial charge in [0.15, 0.2) is 6.61 Å². The molecule has 1 aliphatic rings. The zero-order valence-electron chi connectivity index (χ0n) is 21.5. The molecule has 7 nitrogen and oxygen atoms in total. The van der Waals surface area contributed by atoms with Crippen LogP contribution in [0, 0.1) is 0 Å². The minimum atomic E-state index is -0.634. The molecule has 0 saturated heterocycles. The summed E-state index contributed by atoms with van der Waals surface area (Å²) < 4.78 is 10.6. The van der Waals surface area contributed by atoms with E-state index in [4.69, 9.17) is 32.7 Å². The molecule has 0 fully saturated rings. The van der Waals surface area contributed by atoms with E-state index in [1.165, 1.54) is 12.0 Å². The molecule has 3 aromatic rings. The van der Waals surface area contributed by atoms with Crippen LogP contribution in [0.1, 0.15) is 31.0 Å². The van der Waals surface area contributed by atoms with Gasteiger partial charge in [-0.3, -0.25) is 14.5 Å². The van der Waals surface area contributed by atoms with Crippen molar-refractivity contribution >= 4 is 52.7 Å². The number of carbonyl (C=O) groups is 3. The van der Waals surface area contributed by atoms with Crippen LogP contribution in [0.25, 0.3) is 6.08 Å². The Morgan fingerprint density at radius 3 is 2.33 bits per heavy atom. The molecule has 0 unspecified atom stereocenters. The first kappa shape index (κ1) is 28.0. The van der Waals surface area contributed by atoms with Gasteiger partial charge in [-0.25, -0.2) is 4.79 Å². The van der Waals surface area contributed by atoms with Crippen LogP contribution in [0.2, 0.25) is 10.0 Å². The van der Waals surface area contributed by atoms with Gasteiger partial charge in [-0.1, -0.05) is 65.7 Å². The third kappa shape index (κ3) is 6.33. The quantitative estimate of drug-likeness (QED) is 0.263. The fraction of sp³-hybridized carbons (Fsp3) is 0.167. The second kappa shape index (κ2) is 12.2. The van der Waals surface area contributed by atoms with E-state index >= 15 is 0 Å². The third-order valence-electron chi connectivity index (χ3n) is 6.19. The summed E-state index contributed by atoms with van der Waals surface area (Å²) in [6, 6.07) is 21.1. The smallest absolute Gasteiger partial charge is 0.340 e. The lowest BCUT2D eigenvalue weighted by Crippen LogP contribution is -2.31. The first-order valence-corrected chi connectivity index (χ1v) is 12.8. The van der Waals surface area contributed by atoms with Gasteiger partial charge >= 0.3 is 5.97 Å². The van der Waals surface area contributed by atoms with Gasteiger partial charge in [0, 0.05) is 5.70 Å². The number of nitrogens with zero attached hydrogens (tertiary/aromatic N) is 1. The molecular weight excluding hydrogens is 539 g/mol. The standard InChI is InChI=1S/C30H26Cl2N2O5/c1-18(21-7-5-4-6-8-21)33-27(35)17-39-23-12-9-20(10-13-23)15-24-28(30(37)38-3)19(2)34(29(24)36)22-11-14-25(31)26(32)16-22/h4-16,18H,17H2,1-3H3,(H,33,35)/b24-15-/t18-/m0/s1. The van der Waals surface area contributed by atoms with Gasteiger partial charge in [-0.2, -0.15) is 0 Å². The van der Waals surface area contributed by atoms with Crippen molar-refractivity contribution in [3.05, 3.63) is 111 Å². The number of benzene rings is 3. The lowest BCUT2D eigenvalue weighted by Gasteiger charge is -2.18. The SMILES string of the molecule is COC(=O)C1=C(C)N(c2ccc(Cl)c(Cl)c2)C(=O)/C1=C\c1ccc(OCC(=O)N[C@@H](C)c2ccccc2)cc1. The Hall–Kier alpha value is -4.07. The van der Waals surface area contributed by atoms with Crippen LogP contribution in [0.4, 0.5) is 5.69 Å². The molecule has 0 saturated carbocycles. The van der Waals surface area contributed by atoms with E-state index in [-0.39, 0.29) is 34.7 Å². The van der Waals surface area contributed by atoms with Gasteiger partial charge in [0.2, 0.25) is 0 Å². The molecule has 0 aliphatic carbocycles. The van der Waals surface area contributed by atoms with Gasteiger partial charge in [0.25, 0.3) is 11.8 Å². The Morgan fingerprint density at radius 2 is 1.69 bits per heavy atom. The fourth-order valence-corrected chi connectivity index (χ4v) is 4.49. The third-order valence-corrected chi connectivity index (χ3v) is 6.93. The molecule has 200 valence electrons. The molecule has 1 aliphatic heterocycles. The topological polar surface area (TPSA) is 84.9 Å². The van der Waals surface area contributed by atoms with E-state index < -0.39 is 11.9 Å². The summed E-state index contributed by atoms with van der Waals surface area (Å²) in [4.78, 5) is 39.8. The van der Waals surface area contributed by atoms with Crippen molar-refractivity contribution in [2.45, 2.75) is 19.9 Å². The molecule has 0 bridgehead atoms. The van der Waals surface area contributed by atoms with E-state index in [2.05, 4.69) is 5.32 Å². The maximum absolute atomic E-state index is 13.4. The van der Waals surface area contributed by atoms with Gasteiger partial charge in [-0.15, -0.1) is 0 Å². The fourth-order valence-electron chi connectivity index (χ4n) is 4.20. The predicted molar refractivity (Wildman–Crippen MR) is 152 cm³/mol. The van der Waals surface area contributed by atoms with Crippen LogP contribution >= 0.6 is 23.2 Å². The molecular formula is C30H26Cl2N2O5. The van der Waals surface area contributed by atoms with Crippen LogP contribution in [-0.2, 0) is 19.1 Å². The molecule has 2 amide bonds. The van der Waals surface area contributed by atoms with Crippen molar-refractivity contribution < 1.29 is 23.9 Å². The molecule has 0 aromatic heterocycles. The number of hydrogen-bond acceptors (Lipinski definition) is 5. The van der Waals surface area contributed by atoms with E-state index in [9.17, 15) is 14.4 Å². The van der Waals surface area contributed by atoms with Crippen molar-refractivity contribution in [1.29, 1.82) is 0 Å². The molecule has 1 heterocycles. The lowest BCUT2D eigenvalue weighted by atomic mass is 10.0. The highest BCUT2D eigenvalue weighted by molar-refractivity contribution is 6.42. The lowest BCUT2D eigenvalue weighted by molar-refractivity contribution is -0.136. The summed E-state index contributed by atoms with van der Waals surface area (Å²) in [6.07, 6.45) is 1.60. The normalized spacial score (nSPS) is 14.9. The highest BCUT2D eigenvalue weighted by Crippen LogP contribution is 2.37. The molecule has 9 heteroatoms. The molecule has 0 radical (unpaired) electrons. The molecule has 1 N–H and O–H groups in total. The number of ether oxygens (including phenoxy) is 2. The number of allylic oxidation sites excluding steroid dienone is 1. The molecule has 39 heavy (non-hydrogen) atoms. The second-order valence-corrected chi connectivity index (χ2v) is 9.62. The minimum Gasteiger partial charge on any atom is -0.484 e. The van der Waals surface area contributed by atoms with E-state index in [0.29, 0.717) is 27.7 Å². The highest BCUT2D eigenvalue weighted by Gasteiger charge is 2.38. The Morgan fingerprint density at radius 1 is 1.00 bits per heavy atom. The summed E-state index contributed by atoms with van der Waals surface area (Å²) in [7, 11) is 1.26. The number of rotatable bonds is 8.